The molecule has 114 valence electrons. The molecule has 20 heavy (non-hydrogen) atoms. The number of benzene rings is 1. The third kappa shape index (κ3) is 6.95. The van der Waals surface area contributed by atoms with Gasteiger partial charge in [-0.3, -0.25) is 0 Å². The maximum Gasteiger partial charge on any atom is 0.124 e. The van der Waals surface area contributed by atoms with Crippen LogP contribution in [-0.4, -0.2) is 12.6 Å². The zero-order valence-corrected chi connectivity index (χ0v) is 13.5. The van der Waals surface area contributed by atoms with Crippen LogP contribution in [0, 0.1) is 0 Å². The number of hydrogen-bond acceptors (Lipinski definition) is 2. The minimum Gasteiger partial charge on any atom is -0.490 e. The molecule has 0 bridgehead atoms. The van der Waals surface area contributed by atoms with Crippen LogP contribution in [0.4, 0.5) is 0 Å². The van der Waals surface area contributed by atoms with Crippen molar-refractivity contribution in [3.63, 3.8) is 0 Å². The van der Waals surface area contributed by atoms with Gasteiger partial charge in [-0.2, -0.15) is 0 Å². The van der Waals surface area contributed by atoms with Crippen molar-refractivity contribution in [2.75, 3.05) is 6.54 Å². The number of hydrogen-bond donors (Lipinski definition) is 1. The maximum atomic E-state index is 5.96. The van der Waals surface area contributed by atoms with Gasteiger partial charge in [-0.15, -0.1) is 0 Å². The Balaban J connectivity index is 2.28. The van der Waals surface area contributed by atoms with Gasteiger partial charge in [-0.1, -0.05) is 57.7 Å². The number of rotatable bonds is 11. The summed E-state index contributed by atoms with van der Waals surface area (Å²) in [6.07, 6.45) is 7.98. The number of para-hydroxylation sites is 1. The average molecular weight is 277 g/mol. The second kappa shape index (κ2) is 10.7. The summed E-state index contributed by atoms with van der Waals surface area (Å²) in [7, 11) is 0. The van der Waals surface area contributed by atoms with Crippen molar-refractivity contribution in [1.29, 1.82) is 0 Å². The molecule has 0 saturated heterocycles. The lowest BCUT2D eigenvalue weighted by atomic mass is 10.1. The fourth-order valence-electron chi connectivity index (χ4n) is 2.14. The first kappa shape index (κ1) is 17.0. The van der Waals surface area contributed by atoms with Gasteiger partial charge in [0.2, 0.25) is 0 Å². The number of ether oxygens (including phenoxy) is 1. The third-order valence-corrected chi connectivity index (χ3v) is 3.65. The van der Waals surface area contributed by atoms with Crippen molar-refractivity contribution in [2.24, 2.45) is 0 Å². The topological polar surface area (TPSA) is 21.3 Å². The molecular weight excluding hydrogens is 246 g/mol. The quantitative estimate of drug-likeness (QED) is 0.579. The number of unbranched alkanes of at least 4 members (excludes halogenated alkanes) is 4. The van der Waals surface area contributed by atoms with E-state index in [1.54, 1.807) is 0 Å². The van der Waals surface area contributed by atoms with Crippen LogP contribution in [0.1, 0.15) is 64.9 Å². The molecule has 0 aliphatic carbocycles. The highest BCUT2D eigenvalue weighted by atomic mass is 16.5. The summed E-state index contributed by atoms with van der Waals surface area (Å²) in [5, 5.41) is 3.53. The molecule has 1 N–H and O–H groups in total. The van der Waals surface area contributed by atoms with Crippen LogP contribution >= 0.6 is 0 Å². The molecule has 0 aliphatic heterocycles. The molecule has 0 aliphatic rings. The second-order valence-electron chi connectivity index (χ2n) is 5.54. The molecule has 1 aromatic carbocycles. The first-order valence-electron chi connectivity index (χ1n) is 8.23. The third-order valence-electron chi connectivity index (χ3n) is 3.65. The summed E-state index contributed by atoms with van der Waals surface area (Å²) < 4.78 is 5.96. The fourth-order valence-corrected chi connectivity index (χ4v) is 2.14. The number of nitrogens with one attached hydrogen (secondary N) is 1. The van der Waals surface area contributed by atoms with Crippen molar-refractivity contribution in [3.05, 3.63) is 29.8 Å². The van der Waals surface area contributed by atoms with Gasteiger partial charge in [-0.25, -0.2) is 0 Å². The van der Waals surface area contributed by atoms with Crippen LogP contribution in [0.5, 0.6) is 5.75 Å². The van der Waals surface area contributed by atoms with E-state index in [-0.39, 0.29) is 6.10 Å². The molecule has 0 radical (unpaired) electrons. The Labute approximate surface area is 124 Å². The normalized spacial score (nSPS) is 12.3. The van der Waals surface area contributed by atoms with E-state index in [2.05, 4.69) is 44.3 Å². The molecule has 0 aromatic heterocycles. The standard InChI is InChI=1S/C18H31NO/c1-4-6-7-8-11-14-19-15-17-12-9-10-13-18(17)20-16(3)5-2/h9-10,12-13,16,19H,4-8,11,14-15H2,1-3H3. The Hall–Kier alpha value is -1.02. The van der Waals surface area contributed by atoms with Gasteiger partial charge < -0.3 is 10.1 Å². The zero-order chi connectivity index (χ0) is 14.6. The monoisotopic (exact) mass is 277 g/mol. The van der Waals surface area contributed by atoms with E-state index in [9.17, 15) is 0 Å². The zero-order valence-electron chi connectivity index (χ0n) is 13.5. The minimum absolute atomic E-state index is 0.283. The lowest BCUT2D eigenvalue weighted by Gasteiger charge is -2.16. The molecule has 1 atom stereocenters. The van der Waals surface area contributed by atoms with Crippen LogP contribution < -0.4 is 10.1 Å². The van der Waals surface area contributed by atoms with E-state index < -0.39 is 0 Å². The molecule has 0 amide bonds. The molecule has 1 unspecified atom stereocenters. The smallest absolute Gasteiger partial charge is 0.124 e. The minimum atomic E-state index is 0.283. The van der Waals surface area contributed by atoms with Gasteiger partial charge >= 0.3 is 0 Å². The molecule has 1 aromatic rings. The van der Waals surface area contributed by atoms with Crippen LogP contribution in [0.15, 0.2) is 24.3 Å². The van der Waals surface area contributed by atoms with E-state index in [4.69, 9.17) is 4.74 Å². The van der Waals surface area contributed by atoms with E-state index >= 15 is 0 Å². The van der Waals surface area contributed by atoms with E-state index in [1.165, 1.54) is 37.7 Å². The van der Waals surface area contributed by atoms with Crippen molar-refractivity contribution < 1.29 is 4.74 Å². The Morgan fingerprint density at radius 3 is 2.55 bits per heavy atom. The van der Waals surface area contributed by atoms with Crippen LogP contribution in [0.3, 0.4) is 0 Å². The van der Waals surface area contributed by atoms with Crippen LogP contribution in [0.2, 0.25) is 0 Å². The molecule has 0 spiro atoms. The highest BCUT2D eigenvalue weighted by molar-refractivity contribution is 5.33. The Bertz CT molecular complexity index is 351. The lowest BCUT2D eigenvalue weighted by Crippen LogP contribution is -2.17. The predicted molar refractivity (Wildman–Crippen MR) is 87.3 cm³/mol. The summed E-state index contributed by atoms with van der Waals surface area (Å²) in [6.45, 7) is 8.54. The SMILES string of the molecule is CCCCCCCNCc1ccccc1OC(C)CC. The lowest BCUT2D eigenvalue weighted by molar-refractivity contribution is 0.215. The fraction of sp³-hybridized carbons (Fsp3) is 0.667. The Kier molecular flexibility index (Phi) is 9.14. The predicted octanol–water partition coefficient (Wildman–Crippen LogP) is 4.92. The van der Waals surface area contributed by atoms with Gasteiger partial charge in [-0.05, 0) is 32.4 Å². The molecule has 0 heterocycles. The highest BCUT2D eigenvalue weighted by Gasteiger charge is 2.05. The van der Waals surface area contributed by atoms with E-state index in [0.29, 0.717) is 0 Å². The highest BCUT2D eigenvalue weighted by Crippen LogP contribution is 2.19. The molecule has 2 heteroatoms. The second-order valence-corrected chi connectivity index (χ2v) is 5.54. The Morgan fingerprint density at radius 2 is 1.80 bits per heavy atom. The average Bonchev–Trinajstić information content (AvgIpc) is 2.47. The van der Waals surface area contributed by atoms with Gasteiger partial charge in [0.05, 0.1) is 6.10 Å². The van der Waals surface area contributed by atoms with Crippen molar-refractivity contribution in [1.82, 2.24) is 5.32 Å². The maximum absolute atomic E-state index is 5.96. The summed E-state index contributed by atoms with van der Waals surface area (Å²) in [6, 6.07) is 8.36. The molecular formula is C18H31NO. The van der Waals surface area contributed by atoms with Crippen LogP contribution in [0.25, 0.3) is 0 Å². The van der Waals surface area contributed by atoms with Crippen molar-refractivity contribution >= 4 is 0 Å². The summed E-state index contributed by atoms with van der Waals surface area (Å²) in [5.41, 5.74) is 1.27. The summed E-state index contributed by atoms with van der Waals surface area (Å²) in [5.74, 6) is 1.03. The summed E-state index contributed by atoms with van der Waals surface area (Å²) >= 11 is 0. The van der Waals surface area contributed by atoms with Crippen molar-refractivity contribution in [3.8, 4) is 5.75 Å². The molecule has 2 nitrogen and oxygen atoms in total. The first-order chi connectivity index (χ1) is 9.77. The van der Waals surface area contributed by atoms with Crippen molar-refractivity contribution in [2.45, 2.75) is 71.9 Å². The molecule has 1 rings (SSSR count). The van der Waals surface area contributed by atoms with Gasteiger partial charge in [0.1, 0.15) is 5.75 Å². The van der Waals surface area contributed by atoms with Gasteiger partial charge in [0.15, 0.2) is 0 Å². The van der Waals surface area contributed by atoms with E-state index in [0.717, 1.165) is 25.3 Å². The van der Waals surface area contributed by atoms with Gasteiger partial charge in [0, 0.05) is 12.1 Å². The largest absolute Gasteiger partial charge is 0.490 e. The summed E-state index contributed by atoms with van der Waals surface area (Å²) in [4.78, 5) is 0. The molecule has 0 fully saturated rings. The molecule has 0 saturated carbocycles. The van der Waals surface area contributed by atoms with Crippen LogP contribution in [-0.2, 0) is 6.54 Å². The van der Waals surface area contributed by atoms with E-state index in [1.807, 2.05) is 6.07 Å². The Morgan fingerprint density at radius 1 is 1.05 bits per heavy atom. The van der Waals surface area contributed by atoms with Gasteiger partial charge in [0.25, 0.3) is 0 Å². The first-order valence-corrected chi connectivity index (χ1v) is 8.23.